The van der Waals surface area contributed by atoms with Crippen LogP contribution in [0.2, 0.25) is 0 Å². The van der Waals surface area contributed by atoms with Gasteiger partial charge in [-0.15, -0.1) is 0 Å². The molecule has 3 aliphatic heterocycles. The smallest absolute Gasteiger partial charge is 0.292 e. The lowest BCUT2D eigenvalue weighted by molar-refractivity contribution is 0.425. The highest BCUT2D eigenvalue weighted by molar-refractivity contribution is 7.69. The van der Waals surface area contributed by atoms with Crippen LogP contribution >= 0.6 is 7.44 Å². The standard InChI is InChI=1S/C25H31N4OP/c1-25(2)21-15-9-10-16-22(21)27(3)24(25)23-19-26-29(20-13-7-6-8-14-20)31(23,30)28-17-11-4-5-12-18-28/h6-10,13-16,19H,4-5,11-12,17-18H2,1-3H3/b24-23+. The molecule has 31 heavy (non-hydrogen) atoms. The Morgan fingerprint density at radius 1 is 0.903 bits per heavy atom. The molecule has 0 bridgehead atoms. The van der Waals surface area contributed by atoms with Crippen molar-refractivity contribution in [3.05, 3.63) is 71.2 Å². The van der Waals surface area contributed by atoms with Crippen LogP contribution in [0.1, 0.15) is 45.1 Å². The molecular weight excluding hydrogens is 403 g/mol. The van der Waals surface area contributed by atoms with Crippen LogP contribution < -0.4 is 9.68 Å². The molecule has 2 aromatic carbocycles. The largest absolute Gasteiger partial charge is 0.346 e. The third kappa shape index (κ3) is 3.09. The molecule has 2 aromatic rings. The Balaban J connectivity index is 1.71. The number of hydrogen-bond donors (Lipinski definition) is 0. The van der Waals surface area contributed by atoms with Crippen molar-refractivity contribution in [2.75, 3.05) is 29.8 Å². The molecule has 0 aliphatic carbocycles. The van der Waals surface area contributed by atoms with Gasteiger partial charge in [-0.1, -0.05) is 63.1 Å². The van der Waals surface area contributed by atoms with Gasteiger partial charge in [0.25, 0.3) is 7.44 Å². The summed E-state index contributed by atoms with van der Waals surface area (Å²) in [5.41, 5.74) is 4.19. The monoisotopic (exact) mass is 434 g/mol. The minimum absolute atomic E-state index is 0.249. The Morgan fingerprint density at radius 3 is 2.23 bits per heavy atom. The average Bonchev–Trinajstić information content (AvgIpc) is 3.05. The van der Waals surface area contributed by atoms with Gasteiger partial charge in [0.1, 0.15) is 0 Å². The summed E-state index contributed by atoms with van der Waals surface area (Å²) >= 11 is 0. The first-order valence-corrected chi connectivity index (χ1v) is 12.9. The van der Waals surface area contributed by atoms with Crippen molar-refractivity contribution >= 4 is 25.0 Å². The van der Waals surface area contributed by atoms with Gasteiger partial charge < -0.3 is 4.90 Å². The number of benzene rings is 2. The van der Waals surface area contributed by atoms with Crippen LogP contribution in [0.5, 0.6) is 0 Å². The number of likely N-dealkylation sites (N-methyl/N-ethyl adjacent to an activating group) is 1. The van der Waals surface area contributed by atoms with Crippen molar-refractivity contribution in [3.8, 4) is 0 Å². The van der Waals surface area contributed by atoms with E-state index in [-0.39, 0.29) is 5.41 Å². The Morgan fingerprint density at radius 2 is 1.55 bits per heavy atom. The van der Waals surface area contributed by atoms with E-state index < -0.39 is 7.44 Å². The molecule has 0 radical (unpaired) electrons. The number of anilines is 2. The van der Waals surface area contributed by atoms with E-state index in [1.807, 2.05) is 41.3 Å². The Hall–Kier alpha value is -2.36. The Bertz CT molecular complexity index is 1080. The second-order valence-electron chi connectivity index (χ2n) is 9.22. The molecule has 1 atom stereocenters. The molecule has 0 amide bonds. The summed E-state index contributed by atoms with van der Waals surface area (Å²) in [6, 6.07) is 18.5. The van der Waals surface area contributed by atoms with E-state index in [2.05, 4.69) is 54.7 Å². The molecule has 5 rings (SSSR count). The molecule has 5 nitrogen and oxygen atoms in total. The summed E-state index contributed by atoms with van der Waals surface area (Å²) in [5, 5.41) is 5.65. The fraction of sp³-hybridized carbons (Fsp3) is 0.400. The number of para-hydroxylation sites is 2. The van der Waals surface area contributed by atoms with E-state index in [1.54, 1.807) is 0 Å². The highest BCUT2D eigenvalue weighted by Gasteiger charge is 2.51. The van der Waals surface area contributed by atoms with Gasteiger partial charge in [0.15, 0.2) is 0 Å². The molecule has 3 aliphatic rings. The van der Waals surface area contributed by atoms with E-state index in [1.165, 1.54) is 24.1 Å². The van der Waals surface area contributed by atoms with Crippen LogP contribution in [0, 0.1) is 0 Å². The number of rotatable bonds is 2. The molecular formula is C25H31N4OP. The third-order valence-electron chi connectivity index (χ3n) is 6.92. The van der Waals surface area contributed by atoms with Crippen LogP contribution in [-0.2, 0) is 9.98 Å². The number of nitrogens with zero attached hydrogens (tertiary/aromatic N) is 4. The third-order valence-corrected chi connectivity index (χ3v) is 9.89. The van der Waals surface area contributed by atoms with Gasteiger partial charge in [-0.2, -0.15) is 9.88 Å². The minimum Gasteiger partial charge on any atom is -0.346 e. The van der Waals surface area contributed by atoms with E-state index in [0.717, 1.165) is 42.6 Å². The van der Waals surface area contributed by atoms with Gasteiger partial charge in [-0.05, 0) is 36.6 Å². The zero-order chi connectivity index (χ0) is 21.6. The molecule has 6 heteroatoms. The second-order valence-corrected chi connectivity index (χ2v) is 11.7. The quantitative estimate of drug-likeness (QED) is 0.528. The SMILES string of the molecule is CN1/C(=C2\C=NN(c3ccccc3)P2(=O)N2CCCCCC2)C(C)(C)c2ccccc21. The van der Waals surface area contributed by atoms with Gasteiger partial charge in [0.2, 0.25) is 0 Å². The van der Waals surface area contributed by atoms with E-state index in [4.69, 9.17) is 5.10 Å². The van der Waals surface area contributed by atoms with E-state index in [0.29, 0.717) is 0 Å². The maximum atomic E-state index is 15.2. The van der Waals surface area contributed by atoms with Crippen LogP contribution in [0.3, 0.4) is 0 Å². The van der Waals surface area contributed by atoms with Crippen molar-refractivity contribution < 1.29 is 4.57 Å². The molecule has 3 heterocycles. The number of fused-ring (bicyclic) bond motifs is 1. The predicted octanol–water partition coefficient (Wildman–Crippen LogP) is 6.20. The fourth-order valence-electron chi connectivity index (χ4n) is 5.39. The average molecular weight is 435 g/mol. The topological polar surface area (TPSA) is 39.1 Å². The van der Waals surface area contributed by atoms with Gasteiger partial charge in [-0.25, -0.2) is 4.67 Å². The normalized spacial score (nSPS) is 28.1. The first-order chi connectivity index (χ1) is 15.0. The summed E-state index contributed by atoms with van der Waals surface area (Å²) in [5.74, 6) is 0. The predicted molar refractivity (Wildman–Crippen MR) is 130 cm³/mol. The lowest BCUT2D eigenvalue weighted by atomic mass is 9.84. The lowest BCUT2D eigenvalue weighted by Crippen LogP contribution is -2.32. The molecule has 1 saturated heterocycles. The van der Waals surface area contributed by atoms with Crippen molar-refractivity contribution in [1.82, 2.24) is 4.67 Å². The molecule has 162 valence electrons. The first kappa shape index (κ1) is 20.5. The fourth-order valence-corrected chi connectivity index (χ4v) is 8.51. The minimum atomic E-state index is -3.13. The summed E-state index contributed by atoms with van der Waals surface area (Å²) in [4.78, 5) is 2.23. The maximum Gasteiger partial charge on any atom is 0.292 e. The molecule has 0 aromatic heterocycles. The summed E-state index contributed by atoms with van der Waals surface area (Å²) in [7, 11) is -1.03. The number of allylic oxidation sites excluding steroid dienone is 2. The van der Waals surface area contributed by atoms with Gasteiger partial charge >= 0.3 is 0 Å². The number of hydrogen-bond acceptors (Lipinski definition) is 3. The highest BCUT2D eigenvalue weighted by Crippen LogP contribution is 2.67. The first-order valence-electron chi connectivity index (χ1n) is 11.3. The highest BCUT2D eigenvalue weighted by atomic mass is 31.2. The molecule has 0 spiro atoms. The second kappa shape index (κ2) is 7.65. The molecule has 0 saturated carbocycles. The van der Waals surface area contributed by atoms with Gasteiger partial charge in [0.05, 0.1) is 17.2 Å². The van der Waals surface area contributed by atoms with E-state index >= 15 is 4.57 Å². The van der Waals surface area contributed by atoms with Crippen molar-refractivity contribution in [3.63, 3.8) is 0 Å². The van der Waals surface area contributed by atoms with E-state index in [9.17, 15) is 0 Å². The van der Waals surface area contributed by atoms with Gasteiger partial charge in [-0.3, -0.25) is 4.57 Å². The molecule has 1 fully saturated rings. The zero-order valence-electron chi connectivity index (χ0n) is 18.7. The summed E-state index contributed by atoms with van der Waals surface area (Å²) in [6.45, 7) is 6.17. The molecule has 0 N–H and O–H groups in total. The Kier molecular flexibility index (Phi) is 5.07. The van der Waals surface area contributed by atoms with Crippen LogP contribution in [0.15, 0.2) is 70.7 Å². The summed E-state index contributed by atoms with van der Waals surface area (Å²) < 4.78 is 19.2. The van der Waals surface area contributed by atoms with Gasteiger partial charge in [0, 0.05) is 36.9 Å². The van der Waals surface area contributed by atoms with Crippen LogP contribution in [0.4, 0.5) is 11.4 Å². The molecule has 1 unspecified atom stereocenters. The van der Waals surface area contributed by atoms with Crippen molar-refractivity contribution in [1.29, 1.82) is 0 Å². The number of hydrazone groups is 1. The van der Waals surface area contributed by atoms with Crippen LogP contribution in [-0.4, -0.2) is 31.0 Å². The zero-order valence-corrected chi connectivity index (χ0v) is 19.6. The maximum absolute atomic E-state index is 15.2. The lowest BCUT2D eigenvalue weighted by Gasteiger charge is -2.36. The van der Waals surface area contributed by atoms with Crippen LogP contribution in [0.25, 0.3) is 0 Å². The van der Waals surface area contributed by atoms with Crippen molar-refractivity contribution in [2.45, 2.75) is 44.9 Å². The Labute approximate surface area is 185 Å². The van der Waals surface area contributed by atoms with Crippen molar-refractivity contribution in [2.24, 2.45) is 5.10 Å². The summed E-state index contributed by atoms with van der Waals surface area (Å²) in [6.07, 6.45) is 6.43.